The van der Waals surface area contributed by atoms with E-state index in [1.54, 1.807) is 0 Å². The molecule has 3 nitrogen and oxygen atoms in total. The second-order valence-electron chi connectivity index (χ2n) is 5.21. The predicted octanol–water partition coefficient (Wildman–Crippen LogP) is 1.73. The standard InChI is InChI=1S/C10H18NO2/c1-9(2,7-11-12)6-10(3,4)8-5-13-8/h7-8H,5-6H2,1-4H3/q+1. The van der Waals surface area contributed by atoms with E-state index < -0.39 is 0 Å². The van der Waals surface area contributed by atoms with E-state index in [1.165, 1.54) is 6.21 Å². The Morgan fingerprint density at radius 3 is 2.38 bits per heavy atom. The summed E-state index contributed by atoms with van der Waals surface area (Å²) in [7, 11) is 0. The molecule has 0 radical (unpaired) electrons. The maximum absolute atomic E-state index is 10.2. The Kier molecular flexibility index (Phi) is 2.60. The summed E-state index contributed by atoms with van der Waals surface area (Å²) in [5.41, 5.74) is 0.0158. The summed E-state index contributed by atoms with van der Waals surface area (Å²) in [6.45, 7) is 9.25. The molecule has 13 heavy (non-hydrogen) atoms. The first-order chi connectivity index (χ1) is 5.87. The Labute approximate surface area is 79.2 Å². The SMILES string of the molecule is CC(C)(C=[N+]=O)CC(C)(C)C1CO1. The predicted molar refractivity (Wildman–Crippen MR) is 53.5 cm³/mol. The maximum atomic E-state index is 10.2. The number of ether oxygens (including phenoxy) is 1. The van der Waals surface area contributed by atoms with Gasteiger partial charge >= 0.3 is 6.21 Å². The Hall–Kier alpha value is -0.660. The fourth-order valence-electron chi connectivity index (χ4n) is 1.98. The van der Waals surface area contributed by atoms with Crippen LogP contribution in [0, 0.1) is 15.7 Å². The van der Waals surface area contributed by atoms with Gasteiger partial charge in [-0.3, -0.25) is 0 Å². The minimum absolute atomic E-state index is 0.128. The molecule has 3 heteroatoms. The van der Waals surface area contributed by atoms with Gasteiger partial charge < -0.3 is 4.74 Å². The lowest BCUT2D eigenvalue weighted by atomic mass is 9.74. The zero-order valence-corrected chi connectivity index (χ0v) is 8.83. The lowest BCUT2D eigenvalue weighted by Gasteiger charge is -2.27. The summed E-state index contributed by atoms with van der Waals surface area (Å²) >= 11 is 0. The Bertz CT molecular complexity index is 235. The average Bonchev–Trinajstić information content (AvgIpc) is 2.62. The Morgan fingerprint density at radius 2 is 2.00 bits per heavy atom. The van der Waals surface area contributed by atoms with Crippen LogP contribution < -0.4 is 4.85 Å². The summed E-state index contributed by atoms with van der Waals surface area (Å²) in [6, 6.07) is 0. The van der Waals surface area contributed by atoms with E-state index in [0.29, 0.717) is 6.10 Å². The molecule has 74 valence electrons. The second kappa shape index (κ2) is 3.24. The summed E-state index contributed by atoms with van der Waals surface area (Å²) in [5.74, 6) is 0. The van der Waals surface area contributed by atoms with Gasteiger partial charge in [-0.25, -0.2) is 0 Å². The van der Waals surface area contributed by atoms with Crippen molar-refractivity contribution in [1.29, 1.82) is 0 Å². The van der Waals surface area contributed by atoms with Gasteiger partial charge in [0.1, 0.15) is 0 Å². The van der Waals surface area contributed by atoms with Crippen molar-refractivity contribution in [3.8, 4) is 0 Å². The molecule has 1 fully saturated rings. The zero-order valence-electron chi connectivity index (χ0n) is 8.83. The molecular weight excluding hydrogens is 166 g/mol. The molecule has 0 aromatic rings. The van der Waals surface area contributed by atoms with Crippen LogP contribution in [0.5, 0.6) is 0 Å². The molecule has 0 N–H and O–H groups in total. The normalized spacial score (nSPS) is 22.3. The van der Waals surface area contributed by atoms with Crippen LogP contribution in [0.3, 0.4) is 0 Å². The molecule has 1 atom stereocenters. The van der Waals surface area contributed by atoms with Crippen LogP contribution >= 0.6 is 0 Å². The lowest BCUT2D eigenvalue weighted by Crippen LogP contribution is -2.29. The third-order valence-corrected chi connectivity index (χ3v) is 2.52. The van der Waals surface area contributed by atoms with Gasteiger partial charge in [-0.2, -0.15) is 0 Å². The highest BCUT2D eigenvalue weighted by molar-refractivity contribution is 5.62. The Morgan fingerprint density at radius 1 is 1.46 bits per heavy atom. The second-order valence-corrected chi connectivity index (χ2v) is 5.21. The number of hydrogen-bond acceptors (Lipinski definition) is 2. The number of epoxide rings is 1. The van der Waals surface area contributed by atoms with Crippen molar-refractivity contribution in [2.75, 3.05) is 6.61 Å². The van der Waals surface area contributed by atoms with E-state index in [1.807, 2.05) is 13.8 Å². The molecule has 0 spiro atoms. The van der Waals surface area contributed by atoms with Gasteiger partial charge in [-0.15, -0.1) is 0 Å². The average molecular weight is 184 g/mol. The molecule has 1 rings (SSSR count). The molecule has 0 aromatic carbocycles. The lowest BCUT2D eigenvalue weighted by molar-refractivity contribution is 0.186. The smallest absolute Gasteiger partial charge is 0.343 e. The van der Waals surface area contributed by atoms with Crippen molar-refractivity contribution in [2.45, 2.75) is 40.2 Å². The molecule has 1 aliphatic rings. The maximum Gasteiger partial charge on any atom is 0.343 e. The Balaban J connectivity index is 2.59. The van der Waals surface area contributed by atoms with Crippen molar-refractivity contribution in [2.24, 2.45) is 10.8 Å². The van der Waals surface area contributed by atoms with Gasteiger partial charge in [0, 0.05) is 0 Å². The van der Waals surface area contributed by atoms with Gasteiger partial charge in [0.05, 0.1) is 18.1 Å². The highest BCUT2D eigenvalue weighted by Gasteiger charge is 2.43. The molecule has 0 aromatic heterocycles. The van der Waals surface area contributed by atoms with Crippen LogP contribution in [0.2, 0.25) is 0 Å². The minimum Gasteiger partial charge on any atom is -0.373 e. The van der Waals surface area contributed by atoms with Crippen molar-refractivity contribution in [1.82, 2.24) is 4.85 Å². The van der Waals surface area contributed by atoms with Gasteiger partial charge in [0.2, 0.25) is 4.85 Å². The van der Waals surface area contributed by atoms with Crippen molar-refractivity contribution in [3.63, 3.8) is 0 Å². The first kappa shape index (κ1) is 10.4. The van der Waals surface area contributed by atoms with E-state index >= 15 is 0 Å². The summed E-state index contributed by atoms with van der Waals surface area (Å²) in [6.07, 6.45) is 2.78. The molecule has 0 amide bonds. The molecular formula is C10H18NO2+. The fraction of sp³-hybridized carbons (Fsp3) is 0.900. The molecule has 1 unspecified atom stereocenters. The van der Waals surface area contributed by atoms with Crippen molar-refractivity contribution < 1.29 is 4.74 Å². The van der Waals surface area contributed by atoms with Crippen LogP contribution in [-0.2, 0) is 4.74 Å². The minimum atomic E-state index is -0.128. The van der Waals surface area contributed by atoms with Gasteiger partial charge in [-0.1, -0.05) is 13.8 Å². The highest BCUT2D eigenvalue weighted by atomic mass is 16.6. The van der Waals surface area contributed by atoms with E-state index in [4.69, 9.17) is 4.74 Å². The van der Waals surface area contributed by atoms with Crippen LogP contribution in [0.25, 0.3) is 0 Å². The molecule has 0 aliphatic carbocycles. The van der Waals surface area contributed by atoms with Crippen LogP contribution in [0.4, 0.5) is 0 Å². The quantitative estimate of drug-likeness (QED) is 0.379. The fourth-order valence-corrected chi connectivity index (χ4v) is 1.98. The topological polar surface area (TPSA) is 43.7 Å². The summed E-state index contributed by atoms with van der Waals surface area (Å²) < 4.78 is 5.27. The van der Waals surface area contributed by atoms with Gasteiger partial charge in [0.25, 0.3) is 0 Å². The van der Waals surface area contributed by atoms with E-state index in [9.17, 15) is 4.91 Å². The van der Waals surface area contributed by atoms with Gasteiger partial charge in [-0.05, 0) is 25.7 Å². The van der Waals surface area contributed by atoms with Crippen molar-refractivity contribution in [3.05, 3.63) is 4.91 Å². The largest absolute Gasteiger partial charge is 0.373 e. The van der Waals surface area contributed by atoms with Crippen molar-refractivity contribution >= 4 is 6.21 Å². The third-order valence-electron chi connectivity index (χ3n) is 2.52. The molecule has 1 saturated heterocycles. The molecule has 1 aliphatic heterocycles. The van der Waals surface area contributed by atoms with Gasteiger partial charge in [0.15, 0.2) is 4.91 Å². The molecule has 1 heterocycles. The molecule has 0 bridgehead atoms. The highest BCUT2D eigenvalue weighted by Crippen LogP contribution is 2.40. The van der Waals surface area contributed by atoms with E-state index in [2.05, 4.69) is 18.7 Å². The number of hydrogen-bond donors (Lipinski definition) is 0. The van der Waals surface area contributed by atoms with E-state index in [-0.39, 0.29) is 10.8 Å². The van der Waals surface area contributed by atoms with E-state index in [0.717, 1.165) is 13.0 Å². The van der Waals surface area contributed by atoms with Crippen LogP contribution in [0.15, 0.2) is 0 Å². The summed E-state index contributed by atoms with van der Waals surface area (Å²) in [4.78, 5) is 13.0. The van der Waals surface area contributed by atoms with Crippen LogP contribution in [0.1, 0.15) is 34.1 Å². The zero-order chi connectivity index (χ0) is 10.1. The first-order valence-corrected chi connectivity index (χ1v) is 4.66. The first-order valence-electron chi connectivity index (χ1n) is 4.66. The number of nitrogens with zero attached hydrogens (tertiary/aromatic N) is 1. The van der Waals surface area contributed by atoms with Crippen LogP contribution in [-0.4, -0.2) is 18.9 Å². The molecule has 0 saturated carbocycles. The number of nitroso groups, excluding NO2 is 1. The third kappa shape index (κ3) is 2.94. The number of rotatable bonds is 4. The summed E-state index contributed by atoms with van der Waals surface area (Å²) in [5, 5.41) is 0. The monoisotopic (exact) mass is 184 g/mol.